The first-order chi connectivity index (χ1) is 17.2. The SMILES string of the molecule is C\C=C(F)/C=N\C(=C(/C)CC)N1CCN(C(=O)Cn2nc(-c3cc(C)c(F)c(C)c3)cc2CC)CC1. The minimum atomic E-state index is -0.374. The van der Waals surface area contributed by atoms with Gasteiger partial charge in [0.25, 0.3) is 0 Å². The van der Waals surface area contributed by atoms with E-state index in [0.29, 0.717) is 37.3 Å². The zero-order chi connectivity index (χ0) is 26.4. The van der Waals surface area contributed by atoms with Gasteiger partial charge >= 0.3 is 0 Å². The molecule has 1 amide bonds. The summed E-state index contributed by atoms with van der Waals surface area (Å²) in [5.41, 5.74) is 4.79. The number of carbonyl (C=O) groups is 1. The highest BCUT2D eigenvalue weighted by atomic mass is 19.1. The monoisotopic (exact) mass is 497 g/mol. The number of aryl methyl sites for hydroxylation is 3. The van der Waals surface area contributed by atoms with Gasteiger partial charge in [0.05, 0.1) is 11.9 Å². The van der Waals surface area contributed by atoms with Gasteiger partial charge in [0.2, 0.25) is 5.91 Å². The first kappa shape index (κ1) is 27.3. The molecule has 1 fully saturated rings. The Labute approximate surface area is 213 Å². The number of amides is 1. The van der Waals surface area contributed by atoms with Crippen LogP contribution in [0.1, 0.15) is 50.9 Å². The van der Waals surface area contributed by atoms with Crippen LogP contribution < -0.4 is 0 Å². The van der Waals surface area contributed by atoms with Crippen LogP contribution in [0.4, 0.5) is 8.78 Å². The number of hydrogen-bond acceptors (Lipinski definition) is 4. The number of rotatable bonds is 8. The van der Waals surface area contributed by atoms with Crippen LogP contribution in [-0.2, 0) is 17.8 Å². The van der Waals surface area contributed by atoms with Crippen molar-refractivity contribution in [1.29, 1.82) is 0 Å². The highest BCUT2D eigenvalue weighted by Crippen LogP contribution is 2.25. The molecule has 0 spiro atoms. The fourth-order valence-electron chi connectivity index (χ4n) is 4.32. The van der Waals surface area contributed by atoms with Crippen LogP contribution in [0.5, 0.6) is 0 Å². The Morgan fingerprint density at radius 1 is 1.08 bits per heavy atom. The smallest absolute Gasteiger partial charge is 0.244 e. The molecule has 0 atom stereocenters. The Balaban J connectivity index is 1.70. The van der Waals surface area contributed by atoms with Crippen LogP contribution in [0.15, 0.2) is 46.5 Å². The van der Waals surface area contributed by atoms with Crippen LogP contribution in [0.25, 0.3) is 11.3 Å². The number of piperazine rings is 1. The molecule has 0 unspecified atom stereocenters. The molecule has 0 radical (unpaired) electrons. The number of benzene rings is 1. The molecular weight excluding hydrogens is 460 g/mol. The molecule has 1 aromatic heterocycles. The lowest BCUT2D eigenvalue weighted by atomic mass is 10.0. The minimum absolute atomic E-state index is 0.00618. The fourth-order valence-corrected chi connectivity index (χ4v) is 4.32. The number of hydrogen-bond donors (Lipinski definition) is 0. The molecule has 0 N–H and O–H groups in total. The molecule has 3 rings (SSSR count). The van der Waals surface area contributed by atoms with E-state index in [2.05, 4.69) is 16.8 Å². The lowest BCUT2D eigenvalue weighted by molar-refractivity contribution is -0.133. The summed E-state index contributed by atoms with van der Waals surface area (Å²) in [6, 6.07) is 5.57. The maximum absolute atomic E-state index is 14.1. The van der Waals surface area contributed by atoms with Crippen LogP contribution in [0.3, 0.4) is 0 Å². The third-order valence-electron chi connectivity index (χ3n) is 6.67. The summed E-state index contributed by atoms with van der Waals surface area (Å²) in [6.45, 7) is 13.8. The number of carbonyl (C=O) groups excluding carboxylic acids is 1. The van der Waals surface area contributed by atoms with Gasteiger partial charge in [-0.05, 0) is 75.4 Å². The van der Waals surface area contributed by atoms with E-state index in [-0.39, 0.29) is 24.1 Å². The Kier molecular flexibility index (Phi) is 9.18. The van der Waals surface area contributed by atoms with E-state index in [9.17, 15) is 13.6 Å². The predicted molar refractivity (Wildman–Crippen MR) is 141 cm³/mol. The summed E-state index contributed by atoms with van der Waals surface area (Å²) < 4.78 is 29.5. The zero-order valence-corrected chi connectivity index (χ0v) is 22.2. The molecule has 0 aliphatic carbocycles. The summed E-state index contributed by atoms with van der Waals surface area (Å²) in [5, 5.41) is 4.69. The molecule has 1 aromatic carbocycles. The number of allylic oxidation sites excluding steroid dienone is 3. The molecule has 36 heavy (non-hydrogen) atoms. The zero-order valence-electron chi connectivity index (χ0n) is 22.2. The average Bonchev–Trinajstić information content (AvgIpc) is 3.29. The highest BCUT2D eigenvalue weighted by Gasteiger charge is 2.24. The quantitative estimate of drug-likeness (QED) is 0.446. The van der Waals surface area contributed by atoms with Crippen LogP contribution in [-0.4, -0.2) is 57.9 Å². The molecule has 2 heterocycles. The van der Waals surface area contributed by atoms with Gasteiger partial charge in [-0.3, -0.25) is 9.48 Å². The molecule has 1 saturated heterocycles. The van der Waals surface area contributed by atoms with Gasteiger partial charge in [0.1, 0.15) is 24.0 Å². The minimum Gasteiger partial charge on any atom is -0.353 e. The van der Waals surface area contributed by atoms with Crippen molar-refractivity contribution in [3.05, 3.63) is 64.1 Å². The van der Waals surface area contributed by atoms with Gasteiger partial charge in [0.15, 0.2) is 0 Å². The molecule has 2 aromatic rings. The maximum Gasteiger partial charge on any atom is 0.244 e. The number of halogens is 2. The lowest BCUT2D eigenvalue weighted by Crippen LogP contribution is -2.49. The van der Waals surface area contributed by atoms with Crippen molar-refractivity contribution in [1.82, 2.24) is 19.6 Å². The Morgan fingerprint density at radius 3 is 2.25 bits per heavy atom. The largest absolute Gasteiger partial charge is 0.353 e. The molecule has 0 bridgehead atoms. The second-order valence-electron chi connectivity index (χ2n) is 9.21. The highest BCUT2D eigenvalue weighted by molar-refractivity contribution is 5.77. The van der Waals surface area contributed by atoms with E-state index in [1.54, 1.807) is 37.6 Å². The molecule has 1 aliphatic rings. The molecule has 1 aliphatic heterocycles. The van der Waals surface area contributed by atoms with Gasteiger partial charge in [-0.25, -0.2) is 13.8 Å². The molecule has 8 heteroatoms. The lowest BCUT2D eigenvalue weighted by Gasteiger charge is -2.36. The molecule has 0 saturated carbocycles. The van der Waals surface area contributed by atoms with Crippen molar-refractivity contribution in [2.75, 3.05) is 26.2 Å². The van der Waals surface area contributed by atoms with Gasteiger partial charge in [-0.2, -0.15) is 5.10 Å². The topological polar surface area (TPSA) is 53.7 Å². The van der Waals surface area contributed by atoms with Gasteiger partial charge in [-0.1, -0.05) is 19.9 Å². The van der Waals surface area contributed by atoms with E-state index in [1.165, 1.54) is 12.3 Å². The first-order valence-electron chi connectivity index (χ1n) is 12.6. The first-order valence-corrected chi connectivity index (χ1v) is 12.6. The van der Waals surface area contributed by atoms with Crippen molar-refractivity contribution in [3.63, 3.8) is 0 Å². The Hall–Kier alpha value is -3.29. The fraction of sp³-hybridized carbons (Fsp3) is 0.464. The van der Waals surface area contributed by atoms with Crippen molar-refractivity contribution < 1.29 is 13.6 Å². The summed E-state index contributed by atoms with van der Waals surface area (Å²) in [6.07, 6.45) is 4.18. The standard InChI is InChI=1S/C28H37F2N5O/c1-7-19(4)28(31-17-23(29)8-2)34-12-10-33(11-13-34)26(36)18-35-24(9-3)16-25(32-35)22-14-20(5)27(30)21(6)15-22/h8,14-17H,7,9-13,18H2,1-6H3/b23-8+,28-19-,31-17-. The molecule has 6 nitrogen and oxygen atoms in total. The Bertz CT molecular complexity index is 1160. The van der Waals surface area contributed by atoms with Crippen LogP contribution in [0, 0.1) is 19.7 Å². The molecule has 194 valence electrons. The molecular formula is C28H37F2N5O. The van der Waals surface area contributed by atoms with Crippen LogP contribution >= 0.6 is 0 Å². The second kappa shape index (κ2) is 12.1. The van der Waals surface area contributed by atoms with Gasteiger partial charge in [-0.15, -0.1) is 0 Å². The average molecular weight is 498 g/mol. The Morgan fingerprint density at radius 2 is 1.69 bits per heavy atom. The maximum atomic E-state index is 14.1. The van der Waals surface area contributed by atoms with Crippen molar-refractivity contribution in [2.24, 2.45) is 4.99 Å². The third-order valence-corrected chi connectivity index (χ3v) is 6.67. The van der Waals surface area contributed by atoms with E-state index in [4.69, 9.17) is 5.10 Å². The van der Waals surface area contributed by atoms with E-state index >= 15 is 0 Å². The van der Waals surface area contributed by atoms with E-state index in [1.807, 2.05) is 24.8 Å². The van der Waals surface area contributed by atoms with E-state index in [0.717, 1.165) is 41.2 Å². The summed E-state index contributed by atoms with van der Waals surface area (Å²) in [7, 11) is 0. The number of aromatic nitrogens is 2. The normalized spacial score (nSPS) is 15.6. The summed E-state index contributed by atoms with van der Waals surface area (Å²) in [5.74, 6) is 0.206. The summed E-state index contributed by atoms with van der Waals surface area (Å²) in [4.78, 5) is 21.5. The summed E-state index contributed by atoms with van der Waals surface area (Å²) >= 11 is 0. The third kappa shape index (κ3) is 6.28. The number of aliphatic imine (C=N–C) groups is 1. The second-order valence-corrected chi connectivity index (χ2v) is 9.21. The predicted octanol–water partition coefficient (Wildman–Crippen LogP) is 5.60. The van der Waals surface area contributed by atoms with E-state index < -0.39 is 0 Å². The van der Waals surface area contributed by atoms with Crippen LogP contribution in [0.2, 0.25) is 0 Å². The van der Waals surface area contributed by atoms with Crippen molar-refractivity contribution in [3.8, 4) is 11.3 Å². The van der Waals surface area contributed by atoms with Crippen molar-refractivity contribution >= 4 is 12.1 Å². The van der Waals surface area contributed by atoms with Gasteiger partial charge < -0.3 is 9.80 Å². The van der Waals surface area contributed by atoms with Crippen molar-refractivity contribution in [2.45, 2.75) is 60.9 Å². The number of nitrogens with zero attached hydrogens (tertiary/aromatic N) is 5. The van der Waals surface area contributed by atoms with Gasteiger partial charge in [0, 0.05) is 37.4 Å².